The third-order valence-electron chi connectivity index (χ3n) is 4.33. The lowest BCUT2D eigenvalue weighted by Gasteiger charge is -2.01. The maximum absolute atomic E-state index is 10.6. The number of rotatable bonds is 15. The van der Waals surface area contributed by atoms with Gasteiger partial charge in [0.1, 0.15) is 0 Å². The molecule has 2 nitrogen and oxygen atoms in total. The number of carbonyl (C=O) groups is 1. The molecule has 0 atom stereocenters. The fraction of sp³-hybridized carbons (Fsp3) is 0.522. The number of nitrogens with one attached hydrogen (secondary N) is 1. The number of unbranched alkanes of at least 4 members (excludes halogenated alkanes) is 7. The van der Waals surface area contributed by atoms with Gasteiger partial charge in [-0.25, -0.2) is 0 Å². The van der Waals surface area contributed by atoms with E-state index in [2.05, 4.69) is 48.4 Å². The summed E-state index contributed by atoms with van der Waals surface area (Å²) in [5.74, 6) is 0. The van der Waals surface area contributed by atoms with Crippen molar-refractivity contribution in [1.82, 2.24) is 4.98 Å². The van der Waals surface area contributed by atoms with E-state index < -0.39 is 0 Å². The van der Waals surface area contributed by atoms with Crippen LogP contribution in [0.5, 0.6) is 0 Å². The molecule has 0 saturated heterocycles. The molecule has 0 saturated carbocycles. The number of aromatic nitrogens is 1. The van der Waals surface area contributed by atoms with Gasteiger partial charge in [0.05, 0.1) is 5.69 Å². The summed E-state index contributed by atoms with van der Waals surface area (Å²) in [4.78, 5) is 13.7. The highest BCUT2D eigenvalue weighted by Gasteiger charge is 1.98. The molecule has 2 heteroatoms. The lowest BCUT2D eigenvalue weighted by Crippen LogP contribution is -1.88. The Morgan fingerprint density at radius 1 is 0.800 bits per heavy atom. The molecule has 25 heavy (non-hydrogen) atoms. The van der Waals surface area contributed by atoms with Crippen molar-refractivity contribution in [3.63, 3.8) is 0 Å². The van der Waals surface area contributed by atoms with Crippen molar-refractivity contribution in [2.75, 3.05) is 0 Å². The van der Waals surface area contributed by atoms with E-state index in [1.54, 1.807) is 0 Å². The second-order valence-corrected chi connectivity index (χ2v) is 6.55. The first-order valence-electron chi connectivity index (χ1n) is 9.91. The number of carbonyl (C=O) groups excluding carboxylic acids is 1. The Labute approximate surface area is 154 Å². The predicted molar refractivity (Wildman–Crippen MR) is 109 cm³/mol. The molecule has 0 unspecified atom stereocenters. The van der Waals surface area contributed by atoms with Crippen LogP contribution in [0.4, 0.5) is 0 Å². The monoisotopic (exact) mass is 341 g/mol. The second kappa shape index (κ2) is 15.7. The minimum atomic E-state index is 0.689. The molecule has 0 aliphatic heterocycles. The van der Waals surface area contributed by atoms with Crippen LogP contribution >= 0.6 is 0 Å². The summed E-state index contributed by atoms with van der Waals surface area (Å²) in [5, 5.41) is 0. The van der Waals surface area contributed by atoms with E-state index in [-0.39, 0.29) is 0 Å². The third-order valence-corrected chi connectivity index (χ3v) is 4.33. The van der Waals surface area contributed by atoms with Crippen LogP contribution in [0.1, 0.15) is 87.3 Å². The molecule has 1 aromatic heterocycles. The number of aldehydes is 1. The van der Waals surface area contributed by atoms with Crippen molar-refractivity contribution in [3.05, 3.63) is 60.0 Å². The highest BCUT2D eigenvalue weighted by molar-refractivity contribution is 5.71. The van der Waals surface area contributed by atoms with Crippen LogP contribution in [0.25, 0.3) is 0 Å². The first kappa shape index (κ1) is 21.2. The highest BCUT2D eigenvalue weighted by Crippen LogP contribution is 2.11. The van der Waals surface area contributed by atoms with Gasteiger partial charge in [0.25, 0.3) is 0 Å². The largest absolute Gasteiger partial charge is 0.356 e. The molecule has 0 aromatic carbocycles. The van der Waals surface area contributed by atoms with Gasteiger partial charge in [-0.05, 0) is 57.6 Å². The fourth-order valence-electron chi connectivity index (χ4n) is 2.83. The number of hydrogen-bond donors (Lipinski definition) is 1. The zero-order valence-electron chi connectivity index (χ0n) is 15.9. The van der Waals surface area contributed by atoms with Crippen LogP contribution in [0.2, 0.25) is 0 Å². The molecule has 138 valence electrons. The topological polar surface area (TPSA) is 32.9 Å². The lowest BCUT2D eigenvalue weighted by atomic mass is 10.1. The average Bonchev–Trinajstić information content (AvgIpc) is 3.09. The number of aromatic amines is 1. The van der Waals surface area contributed by atoms with Crippen molar-refractivity contribution in [3.8, 4) is 0 Å². The second-order valence-electron chi connectivity index (χ2n) is 6.55. The Morgan fingerprint density at radius 2 is 1.44 bits per heavy atom. The van der Waals surface area contributed by atoms with Crippen LogP contribution in [-0.4, -0.2) is 11.3 Å². The summed E-state index contributed by atoms with van der Waals surface area (Å²) in [6.07, 6.45) is 27.8. The zero-order chi connectivity index (χ0) is 18.0. The maximum atomic E-state index is 10.6. The summed E-state index contributed by atoms with van der Waals surface area (Å²) in [5.41, 5.74) is 1.87. The van der Waals surface area contributed by atoms with E-state index >= 15 is 0 Å². The average molecular weight is 342 g/mol. The van der Waals surface area contributed by atoms with Crippen LogP contribution in [0, 0.1) is 0 Å². The standard InChI is InChI=1S/C23H35NO/c1-2-3-4-5-6-7-8-9-10-11-12-13-14-15-16-17-18-22-19-20-23(21-25)24-22/h2-3,5-6,8-9,19-21,24H,4,7,10-18H2,1H3. The van der Waals surface area contributed by atoms with Gasteiger partial charge in [0.15, 0.2) is 6.29 Å². The van der Waals surface area contributed by atoms with Gasteiger partial charge >= 0.3 is 0 Å². The summed E-state index contributed by atoms with van der Waals surface area (Å²) >= 11 is 0. The first-order valence-corrected chi connectivity index (χ1v) is 9.91. The van der Waals surface area contributed by atoms with E-state index in [0.29, 0.717) is 5.69 Å². The number of hydrogen-bond acceptors (Lipinski definition) is 1. The molecule has 0 aliphatic carbocycles. The quantitative estimate of drug-likeness (QED) is 0.209. The maximum Gasteiger partial charge on any atom is 0.166 e. The molecule has 0 bridgehead atoms. The minimum absolute atomic E-state index is 0.689. The highest BCUT2D eigenvalue weighted by atomic mass is 16.1. The molecule has 0 radical (unpaired) electrons. The van der Waals surface area contributed by atoms with Crippen molar-refractivity contribution in [1.29, 1.82) is 0 Å². The van der Waals surface area contributed by atoms with E-state index in [1.807, 2.05) is 12.1 Å². The molecule has 1 rings (SSSR count). The molecule has 1 aromatic rings. The fourth-order valence-corrected chi connectivity index (χ4v) is 2.83. The molecule has 0 spiro atoms. The van der Waals surface area contributed by atoms with Crippen LogP contribution in [0.15, 0.2) is 48.6 Å². The summed E-state index contributed by atoms with van der Waals surface area (Å²) in [6.45, 7) is 2.06. The van der Waals surface area contributed by atoms with Crippen LogP contribution < -0.4 is 0 Å². The lowest BCUT2D eigenvalue weighted by molar-refractivity contribution is 0.111. The van der Waals surface area contributed by atoms with Crippen molar-refractivity contribution < 1.29 is 4.79 Å². The summed E-state index contributed by atoms with van der Waals surface area (Å²) in [7, 11) is 0. The normalized spacial score (nSPS) is 12.0. The number of aryl methyl sites for hydroxylation is 1. The summed E-state index contributed by atoms with van der Waals surface area (Å²) < 4.78 is 0. The van der Waals surface area contributed by atoms with Gasteiger partial charge in [-0.15, -0.1) is 0 Å². The van der Waals surface area contributed by atoms with Crippen molar-refractivity contribution in [2.24, 2.45) is 0 Å². The predicted octanol–water partition coefficient (Wildman–Crippen LogP) is 6.96. The van der Waals surface area contributed by atoms with Gasteiger partial charge in [-0.1, -0.05) is 68.6 Å². The van der Waals surface area contributed by atoms with Gasteiger partial charge in [0.2, 0.25) is 0 Å². The Balaban J connectivity index is 1.84. The van der Waals surface area contributed by atoms with E-state index in [1.165, 1.54) is 57.1 Å². The third kappa shape index (κ3) is 12.2. The smallest absolute Gasteiger partial charge is 0.166 e. The molecule has 0 fully saturated rings. The summed E-state index contributed by atoms with van der Waals surface area (Å²) in [6, 6.07) is 3.88. The van der Waals surface area contributed by atoms with Crippen LogP contribution in [0.3, 0.4) is 0 Å². The van der Waals surface area contributed by atoms with Gasteiger partial charge in [0, 0.05) is 5.69 Å². The van der Waals surface area contributed by atoms with Gasteiger partial charge in [-0.3, -0.25) is 4.79 Å². The van der Waals surface area contributed by atoms with E-state index in [9.17, 15) is 4.79 Å². The molecule has 0 amide bonds. The van der Waals surface area contributed by atoms with Crippen molar-refractivity contribution >= 4 is 6.29 Å². The van der Waals surface area contributed by atoms with Crippen LogP contribution in [-0.2, 0) is 6.42 Å². The number of allylic oxidation sites excluding steroid dienone is 6. The molecule has 1 N–H and O–H groups in total. The molecule has 0 aliphatic rings. The molecular formula is C23H35NO. The molecular weight excluding hydrogens is 306 g/mol. The number of H-pyrrole nitrogens is 1. The van der Waals surface area contributed by atoms with Gasteiger partial charge < -0.3 is 4.98 Å². The Kier molecular flexibility index (Phi) is 13.3. The van der Waals surface area contributed by atoms with Crippen molar-refractivity contribution in [2.45, 2.75) is 77.6 Å². The zero-order valence-corrected chi connectivity index (χ0v) is 15.9. The Bertz CT molecular complexity index is 522. The van der Waals surface area contributed by atoms with E-state index in [4.69, 9.17) is 0 Å². The Hall–Kier alpha value is -1.83. The van der Waals surface area contributed by atoms with Gasteiger partial charge in [-0.2, -0.15) is 0 Å². The Morgan fingerprint density at radius 3 is 2.12 bits per heavy atom. The van der Waals surface area contributed by atoms with E-state index in [0.717, 1.165) is 25.5 Å². The molecule has 1 heterocycles. The minimum Gasteiger partial charge on any atom is -0.356 e. The first-order chi connectivity index (χ1) is 12.4. The SMILES string of the molecule is CC=CCC=CCC=CCCCCCCCCCc1ccc(C=O)[nH]1.